The van der Waals surface area contributed by atoms with Gasteiger partial charge in [0.2, 0.25) is 5.91 Å². The summed E-state index contributed by atoms with van der Waals surface area (Å²) in [6.45, 7) is 0. The molecule has 0 saturated heterocycles. The van der Waals surface area contributed by atoms with Crippen molar-refractivity contribution in [2.45, 2.75) is 31.4 Å². The lowest BCUT2D eigenvalue weighted by Gasteiger charge is -2.11. The van der Waals surface area contributed by atoms with Crippen molar-refractivity contribution in [3.63, 3.8) is 0 Å². The van der Waals surface area contributed by atoms with Crippen molar-refractivity contribution in [3.05, 3.63) is 0 Å². The van der Waals surface area contributed by atoms with Crippen LogP contribution in [0.15, 0.2) is 0 Å². The van der Waals surface area contributed by atoms with Crippen LogP contribution in [0.2, 0.25) is 0 Å². The molecule has 0 aliphatic rings. The Balaban J connectivity index is 3.67. The number of aliphatic carboxylic acids is 1. The minimum Gasteiger partial charge on any atom is -0.480 e. The van der Waals surface area contributed by atoms with Gasteiger partial charge in [-0.25, -0.2) is 0 Å². The van der Waals surface area contributed by atoms with Crippen molar-refractivity contribution in [1.82, 2.24) is 0 Å². The van der Waals surface area contributed by atoms with Crippen molar-refractivity contribution in [2.24, 2.45) is 11.5 Å². The molecule has 0 heterocycles. The quantitative estimate of drug-likeness (QED) is 0.402. The molecule has 6 heteroatoms. The zero-order valence-electron chi connectivity index (χ0n) is 7.14. The van der Waals surface area contributed by atoms with Gasteiger partial charge >= 0.3 is 5.97 Å². The van der Waals surface area contributed by atoms with E-state index in [4.69, 9.17) is 21.7 Å². The van der Waals surface area contributed by atoms with Gasteiger partial charge in [0.05, 0.1) is 6.10 Å². The molecule has 6 N–H and O–H groups in total. The second-order valence-electron chi connectivity index (χ2n) is 2.84. The Kier molecular flexibility index (Phi) is 5.01. The Bertz CT molecular complexity index is 195. The molecule has 0 aromatic rings. The van der Waals surface area contributed by atoms with Crippen LogP contribution in [0.3, 0.4) is 0 Å². The first-order valence-corrected chi connectivity index (χ1v) is 3.88. The van der Waals surface area contributed by atoms with E-state index in [-0.39, 0.29) is 19.3 Å². The van der Waals surface area contributed by atoms with E-state index in [1.165, 1.54) is 0 Å². The van der Waals surface area contributed by atoms with Gasteiger partial charge in [0, 0.05) is 6.42 Å². The van der Waals surface area contributed by atoms with E-state index in [1.54, 1.807) is 0 Å². The summed E-state index contributed by atoms with van der Waals surface area (Å²) in [6.07, 6.45) is -0.773. The van der Waals surface area contributed by atoms with E-state index >= 15 is 0 Å². The van der Waals surface area contributed by atoms with E-state index in [0.29, 0.717) is 0 Å². The molecule has 0 bridgehead atoms. The third-order valence-electron chi connectivity index (χ3n) is 1.57. The normalized spacial score (nSPS) is 14.9. The number of amides is 1. The number of rotatable bonds is 6. The molecular formula is C7H14N2O4. The molecule has 0 rings (SSSR count). The van der Waals surface area contributed by atoms with E-state index in [0.717, 1.165) is 0 Å². The van der Waals surface area contributed by atoms with Crippen LogP contribution >= 0.6 is 0 Å². The topological polar surface area (TPSA) is 127 Å². The first kappa shape index (κ1) is 11.9. The second-order valence-corrected chi connectivity index (χ2v) is 2.84. The molecule has 0 aromatic carbocycles. The van der Waals surface area contributed by atoms with Crippen molar-refractivity contribution < 1.29 is 19.8 Å². The minimum atomic E-state index is -1.17. The third-order valence-corrected chi connectivity index (χ3v) is 1.57. The van der Waals surface area contributed by atoms with Crippen molar-refractivity contribution in [3.8, 4) is 0 Å². The minimum absolute atomic E-state index is 0.0352. The van der Waals surface area contributed by atoms with Crippen LogP contribution in [-0.4, -0.2) is 34.2 Å². The zero-order chi connectivity index (χ0) is 10.4. The molecular weight excluding hydrogens is 176 g/mol. The highest BCUT2D eigenvalue weighted by molar-refractivity contribution is 5.74. The maximum absolute atomic E-state index is 10.3. The Hall–Kier alpha value is -1.14. The van der Waals surface area contributed by atoms with Crippen LogP contribution in [0.5, 0.6) is 0 Å². The van der Waals surface area contributed by atoms with E-state index in [2.05, 4.69) is 0 Å². The number of aliphatic hydroxyl groups excluding tert-OH is 1. The molecule has 6 nitrogen and oxygen atoms in total. The van der Waals surface area contributed by atoms with Gasteiger partial charge in [-0.15, -0.1) is 0 Å². The van der Waals surface area contributed by atoms with E-state index < -0.39 is 24.0 Å². The lowest BCUT2D eigenvalue weighted by molar-refractivity contribution is -0.139. The lowest BCUT2D eigenvalue weighted by Crippen LogP contribution is -2.34. The average molecular weight is 190 g/mol. The summed E-state index contributed by atoms with van der Waals surface area (Å²) in [7, 11) is 0. The number of nitrogens with two attached hydrogens (primary N) is 2. The third kappa shape index (κ3) is 6.06. The van der Waals surface area contributed by atoms with Crippen LogP contribution in [0.1, 0.15) is 19.3 Å². The van der Waals surface area contributed by atoms with Gasteiger partial charge in [-0.3, -0.25) is 9.59 Å². The number of carbonyl (C=O) groups is 2. The summed E-state index contributed by atoms with van der Waals surface area (Å²) < 4.78 is 0. The van der Waals surface area contributed by atoms with Gasteiger partial charge in [-0.2, -0.15) is 0 Å². The average Bonchev–Trinajstić information content (AvgIpc) is 2.00. The number of hydrogen-bond donors (Lipinski definition) is 4. The standard InChI is InChI=1S/C7H14N2O4/c8-5(7(12)13)3-4(10)1-2-6(9)11/h4-5,10H,1-3,8H2,(H2,9,11)(H,12,13). The van der Waals surface area contributed by atoms with Crippen LogP contribution in [-0.2, 0) is 9.59 Å². The van der Waals surface area contributed by atoms with Gasteiger partial charge < -0.3 is 21.7 Å². The molecule has 0 aliphatic heterocycles. The van der Waals surface area contributed by atoms with Gasteiger partial charge in [0.25, 0.3) is 0 Å². The number of primary amides is 1. The maximum atomic E-state index is 10.3. The van der Waals surface area contributed by atoms with E-state index in [9.17, 15) is 9.59 Å². The summed E-state index contributed by atoms with van der Waals surface area (Å²) in [6, 6.07) is -1.09. The largest absolute Gasteiger partial charge is 0.480 e. The highest BCUT2D eigenvalue weighted by Crippen LogP contribution is 2.03. The van der Waals surface area contributed by atoms with Crippen LogP contribution in [0, 0.1) is 0 Å². The van der Waals surface area contributed by atoms with Gasteiger partial charge in [-0.05, 0) is 12.8 Å². The SMILES string of the molecule is NC(=O)CCC(O)CC(N)C(=O)O. The van der Waals surface area contributed by atoms with E-state index in [1.807, 2.05) is 0 Å². The highest BCUT2D eigenvalue weighted by Gasteiger charge is 2.16. The predicted molar refractivity (Wildman–Crippen MR) is 44.7 cm³/mol. The van der Waals surface area contributed by atoms with Crippen molar-refractivity contribution >= 4 is 11.9 Å². The first-order valence-electron chi connectivity index (χ1n) is 3.88. The monoisotopic (exact) mass is 190 g/mol. The summed E-state index contributed by atoms with van der Waals surface area (Å²) in [5, 5.41) is 17.5. The fourth-order valence-electron chi connectivity index (χ4n) is 0.821. The summed E-state index contributed by atoms with van der Waals surface area (Å²) >= 11 is 0. The van der Waals surface area contributed by atoms with Crippen LogP contribution < -0.4 is 11.5 Å². The van der Waals surface area contributed by atoms with Gasteiger partial charge in [-0.1, -0.05) is 0 Å². The molecule has 0 aromatic heterocycles. The highest BCUT2D eigenvalue weighted by atomic mass is 16.4. The number of carboxylic acid groups (broad SMARTS) is 1. The summed E-state index contributed by atoms with van der Waals surface area (Å²) in [5.74, 6) is -1.69. The molecule has 2 atom stereocenters. The van der Waals surface area contributed by atoms with Gasteiger partial charge in [0.1, 0.15) is 6.04 Å². The lowest BCUT2D eigenvalue weighted by atomic mass is 10.1. The molecule has 0 aliphatic carbocycles. The molecule has 13 heavy (non-hydrogen) atoms. The van der Waals surface area contributed by atoms with Crippen molar-refractivity contribution in [1.29, 1.82) is 0 Å². The molecule has 0 spiro atoms. The smallest absolute Gasteiger partial charge is 0.320 e. The molecule has 0 fully saturated rings. The Morgan fingerprint density at radius 1 is 1.38 bits per heavy atom. The van der Waals surface area contributed by atoms with Crippen LogP contribution in [0.4, 0.5) is 0 Å². The van der Waals surface area contributed by atoms with Crippen molar-refractivity contribution in [2.75, 3.05) is 0 Å². The fraction of sp³-hybridized carbons (Fsp3) is 0.714. The zero-order valence-corrected chi connectivity index (χ0v) is 7.14. The molecule has 0 saturated carbocycles. The number of carbonyl (C=O) groups excluding carboxylic acids is 1. The summed E-state index contributed by atoms with van der Waals surface area (Å²) in [5.41, 5.74) is 9.98. The Morgan fingerprint density at radius 2 is 1.92 bits per heavy atom. The fourth-order valence-corrected chi connectivity index (χ4v) is 0.821. The molecule has 0 radical (unpaired) electrons. The molecule has 1 amide bonds. The first-order chi connectivity index (χ1) is 5.93. The Labute approximate surface area is 75.5 Å². The molecule has 2 unspecified atom stereocenters. The second kappa shape index (κ2) is 5.50. The number of carboxylic acids is 1. The van der Waals surface area contributed by atoms with Gasteiger partial charge in [0.15, 0.2) is 0 Å². The Morgan fingerprint density at radius 3 is 2.31 bits per heavy atom. The predicted octanol–water partition coefficient (Wildman–Crippen LogP) is -1.59. The number of aliphatic hydroxyl groups is 1. The van der Waals surface area contributed by atoms with Crippen LogP contribution in [0.25, 0.3) is 0 Å². The summed E-state index contributed by atoms with van der Waals surface area (Å²) in [4.78, 5) is 20.5. The molecule has 76 valence electrons. The number of hydrogen-bond acceptors (Lipinski definition) is 4. The maximum Gasteiger partial charge on any atom is 0.320 e.